The number of fused-ring (bicyclic) bond motifs is 1. The number of nitrogens with zero attached hydrogens (tertiary/aromatic N) is 2. The van der Waals surface area contributed by atoms with Gasteiger partial charge in [0.25, 0.3) is 5.91 Å². The molecule has 1 aromatic carbocycles. The van der Waals surface area contributed by atoms with E-state index in [9.17, 15) is 4.79 Å². The molecule has 2 aliphatic heterocycles. The summed E-state index contributed by atoms with van der Waals surface area (Å²) >= 11 is 8.11. The summed E-state index contributed by atoms with van der Waals surface area (Å²) < 4.78 is 1.10. The molecule has 4 rings (SSSR count). The van der Waals surface area contributed by atoms with Crippen molar-refractivity contribution in [1.29, 1.82) is 0 Å². The van der Waals surface area contributed by atoms with Gasteiger partial charge in [0, 0.05) is 29.2 Å². The summed E-state index contributed by atoms with van der Waals surface area (Å²) in [7, 11) is 0. The van der Waals surface area contributed by atoms with Gasteiger partial charge in [0.1, 0.15) is 4.88 Å². The van der Waals surface area contributed by atoms with Crippen LogP contribution in [0.1, 0.15) is 54.6 Å². The lowest BCUT2D eigenvalue weighted by molar-refractivity contribution is 0.0584. The highest BCUT2D eigenvalue weighted by Gasteiger charge is 2.30. The molecule has 1 unspecified atom stereocenters. The highest BCUT2D eigenvalue weighted by molar-refractivity contribution is 7.21. The Bertz CT molecular complexity index is 768. The maximum Gasteiger partial charge on any atom is 0.265 e. The first-order valence-electron chi connectivity index (χ1n) is 9.94. The maximum atomic E-state index is 13.3. The van der Waals surface area contributed by atoms with Crippen LogP contribution in [-0.2, 0) is 0 Å². The minimum Gasteiger partial charge on any atom is -0.335 e. The predicted octanol–water partition coefficient (Wildman–Crippen LogP) is 5.43. The van der Waals surface area contributed by atoms with Gasteiger partial charge in [-0.25, -0.2) is 0 Å². The number of halogens is 1. The number of carbonyl (C=O) groups excluding carboxylic acids is 1. The lowest BCUT2D eigenvalue weighted by Crippen LogP contribution is -2.45. The highest BCUT2D eigenvalue weighted by atomic mass is 35.5. The van der Waals surface area contributed by atoms with E-state index in [1.54, 1.807) is 11.3 Å². The molecule has 2 aliphatic rings. The standard InChI is InChI=1S/C21H27ClN2OS/c22-19-17-9-2-3-10-18(17)26-20(19)21(25)24-14-7-4-8-16(24)11-15-23-12-5-1-6-13-23/h2-3,9-10,16H,1,4-8,11-15H2. The zero-order valence-corrected chi connectivity index (χ0v) is 16.8. The topological polar surface area (TPSA) is 23.6 Å². The van der Waals surface area contributed by atoms with Gasteiger partial charge in [0.15, 0.2) is 0 Å². The Morgan fingerprint density at radius 3 is 2.65 bits per heavy atom. The van der Waals surface area contributed by atoms with E-state index in [1.165, 1.54) is 38.8 Å². The molecule has 3 heterocycles. The van der Waals surface area contributed by atoms with Gasteiger partial charge in [-0.1, -0.05) is 36.2 Å². The third kappa shape index (κ3) is 3.78. The average Bonchev–Trinajstić information content (AvgIpc) is 3.04. The van der Waals surface area contributed by atoms with Crippen LogP contribution >= 0.6 is 22.9 Å². The normalized spacial score (nSPS) is 22.0. The Balaban J connectivity index is 1.49. The van der Waals surface area contributed by atoms with E-state index in [1.807, 2.05) is 24.3 Å². The fourth-order valence-corrected chi connectivity index (χ4v) is 5.83. The van der Waals surface area contributed by atoms with E-state index in [4.69, 9.17) is 11.6 Å². The molecule has 140 valence electrons. The SMILES string of the molecule is O=C(c1sc2ccccc2c1Cl)N1CCCCC1CCN1CCCCC1. The van der Waals surface area contributed by atoms with Crippen LogP contribution in [0.2, 0.25) is 5.02 Å². The molecule has 3 nitrogen and oxygen atoms in total. The van der Waals surface area contributed by atoms with E-state index in [2.05, 4.69) is 9.80 Å². The zero-order valence-electron chi connectivity index (χ0n) is 15.3. The summed E-state index contributed by atoms with van der Waals surface area (Å²) in [5.41, 5.74) is 0. The second-order valence-electron chi connectivity index (χ2n) is 7.58. The second-order valence-corrected chi connectivity index (χ2v) is 9.01. The number of amides is 1. The van der Waals surface area contributed by atoms with Gasteiger partial charge in [0.05, 0.1) is 5.02 Å². The Morgan fingerprint density at radius 2 is 1.85 bits per heavy atom. The van der Waals surface area contributed by atoms with Crippen LogP contribution in [0.25, 0.3) is 10.1 Å². The van der Waals surface area contributed by atoms with Gasteiger partial charge in [-0.3, -0.25) is 4.79 Å². The summed E-state index contributed by atoms with van der Waals surface area (Å²) in [6.07, 6.45) is 8.57. The Morgan fingerprint density at radius 1 is 1.08 bits per heavy atom. The number of hydrogen-bond donors (Lipinski definition) is 0. The molecule has 0 bridgehead atoms. The van der Waals surface area contributed by atoms with Crippen LogP contribution in [0.4, 0.5) is 0 Å². The molecule has 0 N–H and O–H groups in total. The average molecular weight is 391 g/mol. The third-order valence-electron chi connectivity index (χ3n) is 5.84. The van der Waals surface area contributed by atoms with Gasteiger partial charge in [-0.05, 0) is 57.7 Å². The number of hydrogen-bond acceptors (Lipinski definition) is 3. The predicted molar refractivity (Wildman–Crippen MR) is 110 cm³/mol. The summed E-state index contributed by atoms with van der Waals surface area (Å²) in [5, 5.41) is 1.64. The lowest BCUT2D eigenvalue weighted by atomic mass is 9.98. The number of benzene rings is 1. The Kier molecular flexibility index (Phi) is 5.82. The van der Waals surface area contributed by atoms with Crippen molar-refractivity contribution in [2.45, 2.75) is 51.0 Å². The molecule has 1 amide bonds. The van der Waals surface area contributed by atoms with Crippen molar-refractivity contribution in [3.63, 3.8) is 0 Å². The molecule has 0 aliphatic carbocycles. The molecule has 26 heavy (non-hydrogen) atoms. The number of rotatable bonds is 4. The van der Waals surface area contributed by atoms with E-state index in [-0.39, 0.29) is 5.91 Å². The first kappa shape index (κ1) is 18.3. The smallest absolute Gasteiger partial charge is 0.265 e. The van der Waals surface area contributed by atoms with Gasteiger partial charge >= 0.3 is 0 Å². The molecular formula is C21H27ClN2OS. The van der Waals surface area contributed by atoms with Crippen LogP contribution in [0.3, 0.4) is 0 Å². The van der Waals surface area contributed by atoms with Gasteiger partial charge in [-0.15, -0.1) is 11.3 Å². The number of likely N-dealkylation sites (tertiary alicyclic amines) is 2. The quantitative estimate of drug-likeness (QED) is 0.695. The largest absolute Gasteiger partial charge is 0.335 e. The second kappa shape index (κ2) is 8.28. The molecule has 1 atom stereocenters. The van der Waals surface area contributed by atoms with Crippen molar-refractivity contribution in [1.82, 2.24) is 9.80 Å². The molecule has 0 spiro atoms. The maximum absolute atomic E-state index is 13.3. The lowest BCUT2D eigenvalue weighted by Gasteiger charge is -2.37. The molecule has 5 heteroatoms. The highest BCUT2D eigenvalue weighted by Crippen LogP contribution is 2.37. The van der Waals surface area contributed by atoms with E-state index in [0.29, 0.717) is 11.1 Å². The number of thiophene rings is 1. The third-order valence-corrected chi connectivity index (χ3v) is 7.51. The van der Waals surface area contributed by atoms with E-state index < -0.39 is 0 Å². The monoisotopic (exact) mass is 390 g/mol. The van der Waals surface area contributed by atoms with Crippen molar-refractivity contribution in [3.8, 4) is 0 Å². The molecule has 0 radical (unpaired) electrons. The summed E-state index contributed by atoms with van der Waals surface area (Å²) in [6, 6.07) is 8.41. The van der Waals surface area contributed by atoms with Crippen molar-refractivity contribution in [2.24, 2.45) is 0 Å². The summed E-state index contributed by atoms with van der Waals surface area (Å²) in [4.78, 5) is 18.7. The Labute approximate surface area is 164 Å². The van der Waals surface area contributed by atoms with Crippen LogP contribution in [0.15, 0.2) is 24.3 Å². The van der Waals surface area contributed by atoms with Crippen molar-refractivity contribution >= 4 is 38.9 Å². The van der Waals surface area contributed by atoms with Gasteiger partial charge in [0.2, 0.25) is 0 Å². The molecule has 0 saturated carbocycles. The fourth-order valence-electron chi connectivity index (χ4n) is 4.36. The summed E-state index contributed by atoms with van der Waals surface area (Å²) in [5.74, 6) is 0.138. The molecular weight excluding hydrogens is 364 g/mol. The van der Waals surface area contributed by atoms with Crippen LogP contribution in [-0.4, -0.2) is 47.9 Å². The number of carbonyl (C=O) groups is 1. The summed E-state index contributed by atoms with van der Waals surface area (Å²) in [6.45, 7) is 4.44. The zero-order chi connectivity index (χ0) is 17.9. The van der Waals surface area contributed by atoms with Crippen LogP contribution in [0.5, 0.6) is 0 Å². The molecule has 2 aromatic rings. The fraction of sp³-hybridized carbons (Fsp3) is 0.571. The molecule has 2 fully saturated rings. The van der Waals surface area contributed by atoms with Crippen molar-refractivity contribution in [3.05, 3.63) is 34.2 Å². The van der Waals surface area contributed by atoms with E-state index >= 15 is 0 Å². The van der Waals surface area contributed by atoms with E-state index in [0.717, 1.165) is 47.3 Å². The van der Waals surface area contributed by atoms with Crippen LogP contribution in [0, 0.1) is 0 Å². The van der Waals surface area contributed by atoms with Crippen molar-refractivity contribution < 1.29 is 4.79 Å². The number of piperidine rings is 2. The van der Waals surface area contributed by atoms with Crippen molar-refractivity contribution in [2.75, 3.05) is 26.2 Å². The van der Waals surface area contributed by atoms with Crippen LogP contribution < -0.4 is 0 Å². The Hall–Kier alpha value is -1.10. The van der Waals surface area contributed by atoms with Gasteiger partial charge < -0.3 is 9.80 Å². The molecule has 1 aromatic heterocycles. The minimum atomic E-state index is 0.138. The first-order valence-corrected chi connectivity index (χ1v) is 11.1. The first-order chi connectivity index (χ1) is 12.7. The molecule has 2 saturated heterocycles. The van der Waals surface area contributed by atoms with Gasteiger partial charge in [-0.2, -0.15) is 0 Å². The minimum absolute atomic E-state index is 0.138.